The van der Waals surface area contributed by atoms with Crippen LogP contribution < -0.4 is 10.6 Å². The molecule has 0 heterocycles. The number of rotatable bonds is 11. The van der Waals surface area contributed by atoms with Crippen molar-refractivity contribution in [2.45, 2.75) is 51.8 Å². The van der Waals surface area contributed by atoms with Crippen molar-refractivity contribution in [2.24, 2.45) is 5.92 Å². The Kier molecular flexibility index (Phi) is 10.4. The molecule has 0 aromatic heterocycles. The molecule has 0 bridgehead atoms. The maximum Gasteiger partial charge on any atom is 0.408 e. The van der Waals surface area contributed by atoms with Crippen LogP contribution in [0.2, 0.25) is 0 Å². The van der Waals surface area contributed by atoms with Gasteiger partial charge in [0.05, 0.1) is 7.11 Å². The molecular formula is C21H30N2O5. The van der Waals surface area contributed by atoms with E-state index in [0.717, 1.165) is 12.0 Å². The second-order valence-electron chi connectivity index (χ2n) is 6.73. The smallest absolute Gasteiger partial charge is 0.408 e. The van der Waals surface area contributed by atoms with Crippen LogP contribution in [0, 0.1) is 5.92 Å². The fourth-order valence-corrected chi connectivity index (χ4v) is 2.55. The summed E-state index contributed by atoms with van der Waals surface area (Å²) in [5.74, 6) is -1.18. The summed E-state index contributed by atoms with van der Waals surface area (Å²) in [6.07, 6.45) is 2.88. The van der Waals surface area contributed by atoms with Gasteiger partial charge in [-0.25, -0.2) is 9.59 Å². The zero-order valence-corrected chi connectivity index (χ0v) is 16.8. The molecule has 0 spiro atoms. The first-order valence-corrected chi connectivity index (χ1v) is 9.35. The van der Waals surface area contributed by atoms with Crippen LogP contribution in [0.3, 0.4) is 0 Å². The van der Waals surface area contributed by atoms with Crippen molar-refractivity contribution >= 4 is 18.0 Å². The van der Waals surface area contributed by atoms with Crippen LogP contribution in [0.15, 0.2) is 43.0 Å². The third-order valence-electron chi connectivity index (χ3n) is 4.14. The Morgan fingerprint density at radius 3 is 2.39 bits per heavy atom. The Labute approximate surface area is 166 Å². The maximum atomic E-state index is 12.6. The lowest BCUT2D eigenvalue weighted by Crippen LogP contribution is -2.53. The molecule has 2 N–H and O–H groups in total. The van der Waals surface area contributed by atoms with Gasteiger partial charge in [-0.2, -0.15) is 0 Å². The number of unbranched alkanes of at least 4 members (excludes halogenated alkanes) is 1. The first-order chi connectivity index (χ1) is 13.4. The van der Waals surface area contributed by atoms with Crippen molar-refractivity contribution in [3.8, 4) is 0 Å². The fraction of sp³-hybridized carbons (Fsp3) is 0.476. The molecule has 0 aliphatic heterocycles. The molecule has 0 saturated carbocycles. The summed E-state index contributed by atoms with van der Waals surface area (Å²) in [5, 5.41) is 5.24. The summed E-state index contributed by atoms with van der Waals surface area (Å²) in [4.78, 5) is 36.7. The third-order valence-corrected chi connectivity index (χ3v) is 4.14. The number of hydrogen-bond acceptors (Lipinski definition) is 5. The van der Waals surface area contributed by atoms with Crippen LogP contribution in [0.25, 0.3) is 0 Å². The number of ether oxygens (including phenoxy) is 2. The quantitative estimate of drug-likeness (QED) is 0.344. The number of carbonyl (C=O) groups excluding carboxylic acids is 3. The summed E-state index contributed by atoms with van der Waals surface area (Å²) < 4.78 is 9.94. The van der Waals surface area contributed by atoms with Crippen LogP contribution in [-0.2, 0) is 25.7 Å². The highest BCUT2D eigenvalue weighted by Gasteiger charge is 2.29. The van der Waals surface area contributed by atoms with E-state index in [1.165, 1.54) is 7.11 Å². The summed E-state index contributed by atoms with van der Waals surface area (Å²) in [6.45, 7) is 7.34. The van der Waals surface area contributed by atoms with E-state index in [9.17, 15) is 14.4 Å². The molecule has 0 unspecified atom stereocenters. The van der Waals surface area contributed by atoms with Gasteiger partial charge in [-0.3, -0.25) is 4.79 Å². The fourth-order valence-electron chi connectivity index (χ4n) is 2.55. The minimum absolute atomic E-state index is 0.103. The highest BCUT2D eigenvalue weighted by molar-refractivity contribution is 5.89. The first kappa shape index (κ1) is 23.2. The van der Waals surface area contributed by atoms with E-state index in [4.69, 9.17) is 9.47 Å². The summed E-state index contributed by atoms with van der Waals surface area (Å²) in [7, 11) is 1.27. The average molecular weight is 390 g/mol. The van der Waals surface area contributed by atoms with Crippen molar-refractivity contribution in [1.29, 1.82) is 0 Å². The molecule has 28 heavy (non-hydrogen) atoms. The van der Waals surface area contributed by atoms with Gasteiger partial charge >= 0.3 is 12.1 Å². The molecule has 154 valence electrons. The number of hydrogen-bond donors (Lipinski definition) is 2. The molecule has 1 aromatic carbocycles. The van der Waals surface area contributed by atoms with Gasteiger partial charge in [-0.1, -0.05) is 50.3 Å². The van der Waals surface area contributed by atoms with E-state index in [2.05, 4.69) is 17.2 Å². The van der Waals surface area contributed by atoms with E-state index in [1.54, 1.807) is 19.9 Å². The van der Waals surface area contributed by atoms with Gasteiger partial charge in [0.25, 0.3) is 0 Å². The number of amides is 2. The highest BCUT2D eigenvalue weighted by Crippen LogP contribution is 2.08. The molecule has 2 amide bonds. The predicted molar refractivity (Wildman–Crippen MR) is 106 cm³/mol. The molecule has 0 aliphatic carbocycles. The van der Waals surface area contributed by atoms with Gasteiger partial charge in [0.1, 0.15) is 18.7 Å². The molecule has 2 atom stereocenters. The minimum atomic E-state index is -0.838. The number of nitrogens with one attached hydrogen (secondary N) is 2. The van der Waals surface area contributed by atoms with Crippen LogP contribution in [0.5, 0.6) is 0 Å². The Bertz CT molecular complexity index is 645. The largest absolute Gasteiger partial charge is 0.467 e. The molecule has 1 aromatic rings. The summed E-state index contributed by atoms with van der Waals surface area (Å²) in [5.41, 5.74) is 0.844. The summed E-state index contributed by atoms with van der Waals surface area (Å²) >= 11 is 0. The topological polar surface area (TPSA) is 93.7 Å². The molecule has 0 fully saturated rings. The van der Waals surface area contributed by atoms with Gasteiger partial charge in [-0.05, 0) is 30.7 Å². The van der Waals surface area contributed by atoms with E-state index in [0.29, 0.717) is 12.8 Å². The Morgan fingerprint density at radius 1 is 1.14 bits per heavy atom. The Balaban J connectivity index is 2.65. The number of esters is 1. The van der Waals surface area contributed by atoms with Crippen molar-refractivity contribution in [3.05, 3.63) is 48.6 Å². The molecule has 0 saturated heterocycles. The zero-order valence-electron chi connectivity index (χ0n) is 16.8. The molecular weight excluding hydrogens is 360 g/mol. The van der Waals surface area contributed by atoms with Gasteiger partial charge in [0.15, 0.2) is 0 Å². The lowest BCUT2D eigenvalue weighted by molar-refractivity contribution is -0.145. The molecule has 0 radical (unpaired) electrons. The lowest BCUT2D eigenvalue weighted by Gasteiger charge is -2.24. The second kappa shape index (κ2) is 12.5. The van der Waals surface area contributed by atoms with Gasteiger partial charge in [0, 0.05) is 0 Å². The van der Waals surface area contributed by atoms with Crippen molar-refractivity contribution < 1.29 is 23.9 Å². The normalized spacial score (nSPS) is 12.6. The van der Waals surface area contributed by atoms with E-state index >= 15 is 0 Å². The minimum Gasteiger partial charge on any atom is -0.467 e. The van der Waals surface area contributed by atoms with Gasteiger partial charge in [-0.15, -0.1) is 6.58 Å². The predicted octanol–water partition coefficient (Wildman–Crippen LogP) is 2.95. The zero-order chi connectivity index (χ0) is 20.9. The van der Waals surface area contributed by atoms with Crippen LogP contribution in [0.4, 0.5) is 4.79 Å². The van der Waals surface area contributed by atoms with Crippen LogP contribution in [-0.4, -0.2) is 37.2 Å². The lowest BCUT2D eigenvalue weighted by atomic mass is 10.0. The number of methoxy groups -OCH3 is 1. The Morgan fingerprint density at radius 2 is 1.82 bits per heavy atom. The van der Waals surface area contributed by atoms with Crippen LogP contribution >= 0.6 is 0 Å². The molecule has 1 rings (SSSR count). The molecule has 7 heteroatoms. The first-order valence-electron chi connectivity index (χ1n) is 9.35. The van der Waals surface area contributed by atoms with Gasteiger partial charge < -0.3 is 20.1 Å². The third kappa shape index (κ3) is 8.24. The van der Waals surface area contributed by atoms with Gasteiger partial charge in [0.2, 0.25) is 5.91 Å². The number of benzene rings is 1. The number of carbonyl (C=O) groups is 3. The second-order valence-corrected chi connectivity index (χ2v) is 6.73. The highest BCUT2D eigenvalue weighted by atomic mass is 16.5. The van der Waals surface area contributed by atoms with E-state index in [1.807, 2.05) is 30.3 Å². The Hall–Kier alpha value is -2.83. The SMILES string of the molecule is C=CCCC[C@H](NC(=O)[C@H](NC(=O)OCc1ccccc1)C(C)C)C(=O)OC. The number of allylic oxidation sites excluding steroid dienone is 1. The van der Waals surface area contributed by atoms with E-state index < -0.39 is 30.1 Å². The van der Waals surface area contributed by atoms with E-state index in [-0.39, 0.29) is 12.5 Å². The molecule has 0 aliphatic rings. The average Bonchev–Trinajstić information content (AvgIpc) is 2.69. The monoisotopic (exact) mass is 390 g/mol. The summed E-state index contributed by atoms with van der Waals surface area (Å²) in [6, 6.07) is 7.63. The van der Waals surface area contributed by atoms with Crippen molar-refractivity contribution in [1.82, 2.24) is 10.6 Å². The standard InChI is InChI=1S/C21H30N2O5/c1-5-6-8-13-17(20(25)27-4)22-19(24)18(15(2)3)23-21(26)28-14-16-11-9-7-10-12-16/h5,7,9-12,15,17-18H,1,6,8,13-14H2,2-4H3,(H,22,24)(H,23,26)/t17-,18+/m0/s1. The van der Waals surface area contributed by atoms with Crippen LogP contribution in [0.1, 0.15) is 38.7 Å². The molecule has 7 nitrogen and oxygen atoms in total. The maximum absolute atomic E-state index is 12.6. The number of alkyl carbamates (subject to hydrolysis) is 1. The van der Waals surface area contributed by atoms with Crippen molar-refractivity contribution in [2.75, 3.05) is 7.11 Å². The van der Waals surface area contributed by atoms with Crippen molar-refractivity contribution in [3.63, 3.8) is 0 Å².